The van der Waals surface area contributed by atoms with Crippen molar-refractivity contribution in [3.63, 3.8) is 0 Å². The quantitative estimate of drug-likeness (QED) is 0.529. The van der Waals surface area contributed by atoms with Crippen molar-refractivity contribution in [1.29, 1.82) is 0 Å². The molecule has 0 aliphatic heterocycles. The minimum Gasteiger partial charge on any atom is -0.467 e. The maximum absolute atomic E-state index is 14.1. The number of amides is 1. The molecule has 28 heavy (non-hydrogen) atoms. The predicted molar refractivity (Wildman–Crippen MR) is 103 cm³/mol. The van der Waals surface area contributed by atoms with Gasteiger partial charge in [0, 0.05) is 10.4 Å². The van der Waals surface area contributed by atoms with Gasteiger partial charge in [-0.2, -0.15) is 0 Å². The summed E-state index contributed by atoms with van der Waals surface area (Å²) < 4.78 is 25.1. The molecule has 7 heteroatoms. The van der Waals surface area contributed by atoms with Crippen LogP contribution in [0.4, 0.5) is 10.1 Å². The van der Waals surface area contributed by atoms with E-state index >= 15 is 0 Å². The lowest BCUT2D eigenvalue weighted by Gasteiger charge is -2.06. The summed E-state index contributed by atoms with van der Waals surface area (Å²) in [4.78, 5) is 17.0. The van der Waals surface area contributed by atoms with E-state index in [2.05, 4.69) is 10.3 Å². The fourth-order valence-electron chi connectivity index (χ4n) is 2.67. The summed E-state index contributed by atoms with van der Waals surface area (Å²) in [5.41, 5.74) is 0.652. The van der Waals surface area contributed by atoms with Gasteiger partial charge < -0.3 is 14.2 Å². The van der Waals surface area contributed by atoms with Gasteiger partial charge in [0.05, 0.1) is 12.8 Å². The second kappa shape index (κ2) is 7.70. The highest BCUT2D eigenvalue weighted by Crippen LogP contribution is 2.22. The highest BCUT2D eigenvalue weighted by atomic mass is 35.5. The van der Waals surface area contributed by atoms with Crippen molar-refractivity contribution in [2.45, 2.75) is 6.54 Å². The van der Waals surface area contributed by atoms with Crippen LogP contribution in [0.15, 0.2) is 80.8 Å². The van der Waals surface area contributed by atoms with Crippen LogP contribution in [-0.4, -0.2) is 5.91 Å². The molecular weight excluding hydrogens is 383 g/mol. The van der Waals surface area contributed by atoms with Crippen LogP contribution in [0.5, 0.6) is 0 Å². The fraction of sp³-hybridized carbons (Fsp3) is 0.0476. The zero-order valence-corrected chi connectivity index (χ0v) is 15.2. The van der Waals surface area contributed by atoms with Gasteiger partial charge in [-0.15, -0.1) is 0 Å². The molecule has 1 amide bonds. The van der Waals surface area contributed by atoms with Crippen molar-refractivity contribution in [2.75, 3.05) is 0 Å². The van der Waals surface area contributed by atoms with Gasteiger partial charge in [0.2, 0.25) is 5.55 Å². The molecule has 0 bridgehead atoms. The number of para-hydroxylation sites is 1. The van der Waals surface area contributed by atoms with Gasteiger partial charge in [0.15, 0.2) is 0 Å². The minimum absolute atomic E-state index is 0.0168. The monoisotopic (exact) mass is 396 g/mol. The predicted octanol–water partition coefficient (Wildman–Crippen LogP) is 4.98. The second-order valence-electron chi connectivity index (χ2n) is 5.97. The van der Waals surface area contributed by atoms with E-state index in [0.717, 1.165) is 5.39 Å². The summed E-state index contributed by atoms with van der Waals surface area (Å²) >= 11 is 5.94. The molecule has 0 spiro atoms. The molecule has 0 fully saturated rings. The zero-order chi connectivity index (χ0) is 19.5. The number of benzene rings is 2. The standard InChI is InChI=1S/C21H14ClFN2O3/c22-14-7-8-17(23)18(11-14)25-21-16(10-13-4-1-2-6-19(13)28-21)20(26)24-12-15-5-3-9-27-15/h1-11H,12H2,(H,24,26). The number of fused-ring (bicyclic) bond motifs is 1. The second-order valence-corrected chi connectivity index (χ2v) is 6.41. The van der Waals surface area contributed by atoms with Gasteiger partial charge in [0.1, 0.15) is 28.4 Å². The number of carbonyl (C=O) groups excluding carboxylic acids is 1. The molecular formula is C21H14ClFN2O3. The molecule has 2 aromatic carbocycles. The summed E-state index contributed by atoms with van der Waals surface area (Å²) in [6, 6.07) is 16.3. The lowest BCUT2D eigenvalue weighted by Crippen LogP contribution is -2.28. The Morgan fingerprint density at radius 2 is 1.96 bits per heavy atom. The molecule has 0 unspecified atom stereocenters. The van der Waals surface area contributed by atoms with Gasteiger partial charge >= 0.3 is 0 Å². The molecule has 0 aliphatic rings. The fourth-order valence-corrected chi connectivity index (χ4v) is 2.84. The first kappa shape index (κ1) is 18.0. The van der Waals surface area contributed by atoms with Gasteiger partial charge in [-0.05, 0) is 42.5 Å². The first-order chi connectivity index (χ1) is 13.6. The molecule has 2 heterocycles. The zero-order valence-electron chi connectivity index (χ0n) is 14.5. The van der Waals surface area contributed by atoms with Crippen molar-refractivity contribution in [2.24, 2.45) is 4.99 Å². The topological polar surface area (TPSA) is 67.7 Å². The number of hydrogen-bond acceptors (Lipinski definition) is 4. The molecule has 140 valence electrons. The third kappa shape index (κ3) is 3.82. The Labute approximate surface area is 164 Å². The van der Waals surface area contributed by atoms with Crippen molar-refractivity contribution in [1.82, 2.24) is 5.32 Å². The minimum atomic E-state index is -0.574. The average Bonchev–Trinajstić information content (AvgIpc) is 3.22. The number of rotatable bonds is 4. The number of furan rings is 1. The third-order valence-electron chi connectivity index (χ3n) is 4.03. The first-order valence-corrected chi connectivity index (χ1v) is 8.81. The van der Waals surface area contributed by atoms with Crippen LogP contribution in [-0.2, 0) is 6.54 Å². The normalized spacial score (nSPS) is 11.7. The molecule has 4 rings (SSSR count). The van der Waals surface area contributed by atoms with Crippen molar-refractivity contribution in [3.8, 4) is 0 Å². The molecule has 2 aromatic heterocycles. The molecule has 0 radical (unpaired) electrons. The van der Waals surface area contributed by atoms with E-state index < -0.39 is 11.7 Å². The van der Waals surface area contributed by atoms with E-state index in [1.165, 1.54) is 24.5 Å². The highest BCUT2D eigenvalue weighted by molar-refractivity contribution is 6.30. The van der Waals surface area contributed by atoms with Crippen LogP contribution >= 0.6 is 11.6 Å². The number of hydrogen-bond donors (Lipinski definition) is 1. The molecule has 0 atom stereocenters. The van der Waals surface area contributed by atoms with E-state index in [0.29, 0.717) is 16.4 Å². The average molecular weight is 397 g/mol. The Hall–Kier alpha value is -3.38. The molecule has 0 saturated heterocycles. The van der Waals surface area contributed by atoms with E-state index in [1.54, 1.807) is 30.3 Å². The van der Waals surface area contributed by atoms with Crippen LogP contribution in [0.25, 0.3) is 11.0 Å². The van der Waals surface area contributed by atoms with Crippen LogP contribution in [0.3, 0.4) is 0 Å². The van der Waals surface area contributed by atoms with Crippen molar-refractivity contribution < 1.29 is 18.0 Å². The maximum atomic E-state index is 14.1. The summed E-state index contributed by atoms with van der Waals surface area (Å²) in [6.45, 7) is 0.198. The third-order valence-corrected chi connectivity index (χ3v) is 4.27. The largest absolute Gasteiger partial charge is 0.467 e. The molecule has 0 aliphatic carbocycles. The Balaban J connectivity index is 1.81. The number of halogens is 2. The van der Waals surface area contributed by atoms with Crippen molar-refractivity contribution >= 4 is 34.2 Å². The SMILES string of the molecule is O=C(NCc1ccco1)c1cc2ccccc2oc1=Nc1cc(Cl)ccc1F. The van der Waals surface area contributed by atoms with Gasteiger partial charge in [-0.25, -0.2) is 9.38 Å². The highest BCUT2D eigenvalue weighted by Gasteiger charge is 2.14. The smallest absolute Gasteiger partial charge is 0.257 e. The van der Waals surface area contributed by atoms with Crippen LogP contribution in [0, 0.1) is 5.82 Å². The summed E-state index contributed by atoms with van der Waals surface area (Å²) in [6.07, 6.45) is 1.52. The lowest BCUT2D eigenvalue weighted by atomic mass is 10.1. The van der Waals surface area contributed by atoms with E-state index in [1.807, 2.05) is 12.1 Å². The van der Waals surface area contributed by atoms with Gasteiger partial charge in [-0.1, -0.05) is 29.8 Å². The summed E-state index contributed by atoms with van der Waals surface area (Å²) in [7, 11) is 0. The van der Waals surface area contributed by atoms with E-state index in [4.69, 9.17) is 20.4 Å². The summed E-state index contributed by atoms with van der Waals surface area (Å²) in [5, 5.41) is 3.79. The molecule has 5 nitrogen and oxygen atoms in total. The number of carbonyl (C=O) groups is 1. The Kier molecular flexibility index (Phi) is 4.95. The van der Waals surface area contributed by atoms with Crippen LogP contribution in [0.2, 0.25) is 5.02 Å². The molecule has 0 saturated carbocycles. The first-order valence-electron chi connectivity index (χ1n) is 8.43. The number of nitrogens with one attached hydrogen (secondary N) is 1. The van der Waals surface area contributed by atoms with Crippen molar-refractivity contribution in [3.05, 3.63) is 94.6 Å². The number of nitrogens with zero attached hydrogens (tertiary/aromatic N) is 1. The Morgan fingerprint density at radius 1 is 1.11 bits per heavy atom. The Bertz CT molecular complexity index is 1220. The van der Waals surface area contributed by atoms with Gasteiger partial charge in [0.25, 0.3) is 5.91 Å². The van der Waals surface area contributed by atoms with Crippen LogP contribution in [0.1, 0.15) is 16.1 Å². The molecule has 4 aromatic rings. The maximum Gasteiger partial charge on any atom is 0.257 e. The lowest BCUT2D eigenvalue weighted by molar-refractivity contribution is 0.0944. The van der Waals surface area contributed by atoms with Gasteiger partial charge in [-0.3, -0.25) is 4.79 Å². The summed E-state index contributed by atoms with van der Waals surface area (Å²) in [5.74, 6) is -0.396. The Morgan fingerprint density at radius 3 is 2.79 bits per heavy atom. The van der Waals surface area contributed by atoms with Crippen LogP contribution < -0.4 is 10.9 Å². The van der Waals surface area contributed by atoms with E-state index in [-0.39, 0.29) is 23.3 Å². The molecule has 1 N–H and O–H groups in total. The van der Waals surface area contributed by atoms with E-state index in [9.17, 15) is 9.18 Å².